The predicted molar refractivity (Wildman–Crippen MR) is 91.5 cm³/mol. The first kappa shape index (κ1) is 15.4. The van der Waals surface area contributed by atoms with Crippen LogP contribution >= 0.6 is 11.8 Å². The van der Waals surface area contributed by atoms with Crippen molar-refractivity contribution in [1.82, 2.24) is 4.98 Å². The minimum atomic E-state index is -0.0830. The van der Waals surface area contributed by atoms with Gasteiger partial charge in [0, 0.05) is 28.1 Å². The third-order valence-corrected chi connectivity index (χ3v) is 4.36. The summed E-state index contributed by atoms with van der Waals surface area (Å²) < 4.78 is 10.4. The van der Waals surface area contributed by atoms with Crippen LogP contribution in [0.4, 0.5) is 0 Å². The number of pyridine rings is 1. The van der Waals surface area contributed by atoms with Crippen LogP contribution in [-0.2, 0) is 0 Å². The summed E-state index contributed by atoms with van der Waals surface area (Å²) in [5, 5.41) is 0.925. The predicted octanol–water partition coefficient (Wildman–Crippen LogP) is 4.18. The number of nitrogens with zero attached hydrogens (tertiary/aromatic N) is 1. The molecule has 3 rings (SSSR count). The summed E-state index contributed by atoms with van der Waals surface area (Å²) in [7, 11) is 3.12. The molecule has 1 heterocycles. The molecule has 0 aliphatic heterocycles. The lowest BCUT2D eigenvalue weighted by molar-refractivity contribution is 0.108. The van der Waals surface area contributed by atoms with Crippen molar-refractivity contribution in [1.29, 1.82) is 0 Å². The van der Waals surface area contributed by atoms with E-state index < -0.39 is 0 Å². The Balaban J connectivity index is 1.95. The van der Waals surface area contributed by atoms with E-state index in [0.29, 0.717) is 17.1 Å². The monoisotopic (exact) mass is 325 g/mol. The van der Waals surface area contributed by atoms with Gasteiger partial charge in [0.2, 0.25) is 5.12 Å². The van der Waals surface area contributed by atoms with Crippen molar-refractivity contribution in [3.63, 3.8) is 0 Å². The quantitative estimate of drug-likeness (QED) is 0.673. The maximum atomic E-state index is 12.6. The summed E-state index contributed by atoms with van der Waals surface area (Å²) >= 11 is 1.15. The molecule has 0 radical (unpaired) electrons. The molecule has 5 heteroatoms. The average Bonchev–Trinajstić information content (AvgIpc) is 2.61. The molecule has 1 aromatic heterocycles. The Kier molecular flexibility index (Phi) is 4.48. The lowest BCUT2D eigenvalue weighted by Gasteiger charge is -2.08. The van der Waals surface area contributed by atoms with Gasteiger partial charge in [-0.3, -0.25) is 9.78 Å². The number of fused-ring (bicyclic) bond motifs is 1. The van der Waals surface area contributed by atoms with Crippen LogP contribution in [0, 0.1) is 0 Å². The first-order chi connectivity index (χ1) is 11.2. The molecule has 3 aromatic rings. The second-order valence-corrected chi connectivity index (χ2v) is 5.84. The molecule has 0 aliphatic carbocycles. The van der Waals surface area contributed by atoms with Crippen LogP contribution in [0.5, 0.6) is 11.5 Å². The van der Waals surface area contributed by atoms with Crippen molar-refractivity contribution in [3.05, 3.63) is 60.3 Å². The number of hydrogen-bond donors (Lipinski definition) is 0. The maximum Gasteiger partial charge on any atom is 0.224 e. The highest BCUT2D eigenvalue weighted by Crippen LogP contribution is 2.31. The van der Waals surface area contributed by atoms with Gasteiger partial charge in [-0.15, -0.1) is 0 Å². The minimum absolute atomic E-state index is 0.0830. The highest BCUT2D eigenvalue weighted by atomic mass is 32.2. The van der Waals surface area contributed by atoms with E-state index >= 15 is 0 Å². The summed E-state index contributed by atoms with van der Waals surface area (Å²) in [4.78, 5) is 17.8. The van der Waals surface area contributed by atoms with Gasteiger partial charge in [0.25, 0.3) is 0 Å². The van der Waals surface area contributed by atoms with Crippen LogP contribution in [-0.4, -0.2) is 24.3 Å². The molecule has 0 bridgehead atoms. The smallest absolute Gasteiger partial charge is 0.224 e. The van der Waals surface area contributed by atoms with Crippen LogP contribution in [0.3, 0.4) is 0 Å². The Morgan fingerprint density at radius 3 is 2.39 bits per heavy atom. The number of benzene rings is 2. The number of hydrogen-bond acceptors (Lipinski definition) is 5. The summed E-state index contributed by atoms with van der Waals surface area (Å²) in [6.07, 6.45) is 1.73. The van der Waals surface area contributed by atoms with Gasteiger partial charge in [-0.2, -0.15) is 0 Å². The summed E-state index contributed by atoms with van der Waals surface area (Å²) in [5.74, 6) is 1.17. The first-order valence-electron chi connectivity index (χ1n) is 7.00. The van der Waals surface area contributed by atoms with Gasteiger partial charge in [-0.1, -0.05) is 18.2 Å². The molecule has 0 unspecified atom stereocenters. The van der Waals surface area contributed by atoms with Crippen LogP contribution < -0.4 is 9.47 Å². The Hall–Kier alpha value is -2.53. The van der Waals surface area contributed by atoms with Gasteiger partial charge in [0.15, 0.2) is 0 Å². The lowest BCUT2D eigenvalue weighted by atomic mass is 10.2. The third-order valence-electron chi connectivity index (χ3n) is 3.39. The Labute approximate surface area is 138 Å². The van der Waals surface area contributed by atoms with Crippen molar-refractivity contribution in [2.24, 2.45) is 0 Å². The summed E-state index contributed by atoms with van der Waals surface area (Å²) in [5.41, 5.74) is 1.35. The minimum Gasteiger partial charge on any atom is -0.497 e. The van der Waals surface area contributed by atoms with E-state index in [1.54, 1.807) is 38.6 Å². The van der Waals surface area contributed by atoms with Crippen LogP contribution in [0.25, 0.3) is 10.9 Å². The Bertz CT molecular complexity index is 836. The second kappa shape index (κ2) is 6.71. The molecular weight excluding hydrogens is 310 g/mol. The number of ether oxygens (including phenoxy) is 2. The number of rotatable bonds is 4. The molecule has 0 atom stereocenters. The van der Waals surface area contributed by atoms with E-state index in [-0.39, 0.29) is 5.12 Å². The van der Waals surface area contributed by atoms with Crippen molar-refractivity contribution in [2.75, 3.05) is 14.2 Å². The number of carbonyl (C=O) groups excluding carboxylic acids is 1. The fourth-order valence-corrected chi connectivity index (χ4v) is 3.09. The molecule has 116 valence electrons. The van der Waals surface area contributed by atoms with E-state index in [4.69, 9.17) is 9.47 Å². The van der Waals surface area contributed by atoms with Crippen molar-refractivity contribution in [2.45, 2.75) is 4.90 Å². The van der Waals surface area contributed by atoms with Crippen LogP contribution in [0.1, 0.15) is 10.4 Å². The van der Waals surface area contributed by atoms with E-state index in [1.807, 2.05) is 30.3 Å². The first-order valence-corrected chi connectivity index (χ1v) is 7.82. The highest BCUT2D eigenvalue weighted by molar-refractivity contribution is 8.14. The number of carbonyl (C=O) groups is 1. The summed E-state index contributed by atoms with van der Waals surface area (Å²) in [6.45, 7) is 0. The van der Waals surface area contributed by atoms with Gasteiger partial charge in [0.05, 0.1) is 19.7 Å². The number of methoxy groups -OCH3 is 2. The highest BCUT2D eigenvalue weighted by Gasteiger charge is 2.13. The zero-order valence-corrected chi connectivity index (χ0v) is 13.6. The topological polar surface area (TPSA) is 48.4 Å². The number of thioether (sulfide) groups is 1. The SMILES string of the molecule is COc1cc(OC)cc(C(=O)Sc2cccc3cccnc23)c1. The molecule has 0 aliphatic rings. The molecule has 2 aromatic carbocycles. The van der Waals surface area contributed by atoms with Gasteiger partial charge in [-0.05, 0) is 36.0 Å². The zero-order chi connectivity index (χ0) is 16.2. The number of aromatic nitrogens is 1. The molecule has 0 saturated heterocycles. The van der Waals surface area contributed by atoms with Crippen LogP contribution in [0.15, 0.2) is 59.6 Å². The molecular formula is C18H15NO3S. The Morgan fingerprint density at radius 2 is 1.70 bits per heavy atom. The molecule has 4 nitrogen and oxygen atoms in total. The van der Waals surface area contributed by atoms with Gasteiger partial charge in [-0.25, -0.2) is 0 Å². The molecule has 0 spiro atoms. The largest absolute Gasteiger partial charge is 0.497 e. The number of para-hydroxylation sites is 1. The summed E-state index contributed by atoms with van der Waals surface area (Å²) in [6, 6.07) is 14.8. The molecule has 0 saturated carbocycles. The van der Waals surface area contributed by atoms with Gasteiger partial charge in [0.1, 0.15) is 11.5 Å². The molecule has 0 N–H and O–H groups in total. The van der Waals surface area contributed by atoms with Crippen molar-refractivity contribution in [3.8, 4) is 11.5 Å². The average molecular weight is 325 g/mol. The van der Waals surface area contributed by atoms with Gasteiger partial charge < -0.3 is 9.47 Å². The van der Waals surface area contributed by atoms with Gasteiger partial charge >= 0.3 is 0 Å². The van der Waals surface area contributed by atoms with Crippen LogP contribution in [0.2, 0.25) is 0 Å². The maximum absolute atomic E-state index is 12.6. The fourth-order valence-electron chi connectivity index (χ4n) is 2.24. The van der Waals surface area contributed by atoms with E-state index in [1.165, 1.54) is 0 Å². The molecule has 0 amide bonds. The molecule has 0 fully saturated rings. The lowest BCUT2D eigenvalue weighted by Crippen LogP contribution is -1.97. The molecule has 23 heavy (non-hydrogen) atoms. The van der Waals surface area contributed by atoms with E-state index in [0.717, 1.165) is 27.6 Å². The van der Waals surface area contributed by atoms with Crippen molar-refractivity contribution >= 4 is 27.8 Å². The normalized spacial score (nSPS) is 10.5. The van der Waals surface area contributed by atoms with E-state index in [2.05, 4.69) is 4.98 Å². The fraction of sp³-hybridized carbons (Fsp3) is 0.111. The Morgan fingerprint density at radius 1 is 1.00 bits per heavy atom. The zero-order valence-electron chi connectivity index (χ0n) is 12.8. The third kappa shape index (κ3) is 3.29. The van der Waals surface area contributed by atoms with Crippen molar-refractivity contribution < 1.29 is 14.3 Å². The standard InChI is InChI=1S/C18H15NO3S/c1-21-14-9-13(10-15(11-14)22-2)18(20)23-16-7-3-5-12-6-4-8-19-17(12)16/h3-11H,1-2H3. The second-order valence-electron chi connectivity index (χ2n) is 4.82. The van der Waals surface area contributed by atoms with E-state index in [9.17, 15) is 4.79 Å².